The molecule has 6 heteroatoms. The number of nitrogens with two attached hydrogens (primary N) is 2. The van der Waals surface area contributed by atoms with Gasteiger partial charge in [-0.25, -0.2) is 4.98 Å². The minimum absolute atomic E-state index is 0.0399. The normalized spacial score (nSPS) is 14.5. The van der Waals surface area contributed by atoms with Crippen LogP contribution in [0.25, 0.3) is 0 Å². The van der Waals surface area contributed by atoms with Crippen molar-refractivity contribution in [3.63, 3.8) is 0 Å². The van der Waals surface area contributed by atoms with E-state index < -0.39 is 11.8 Å². The number of ether oxygens (including phenoxy) is 1. The third-order valence-corrected chi connectivity index (χ3v) is 2.21. The van der Waals surface area contributed by atoms with E-state index in [1.807, 2.05) is 0 Å². The van der Waals surface area contributed by atoms with Crippen LogP contribution in [-0.2, 0) is 0 Å². The number of rotatable bonds is 4. The fourth-order valence-corrected chi connectivity index (χ4v) is 1.33. The third-order valence-electron chi connectivity index (χ3n) is 2.21. The molecule has 0 atom stereocenters. The van der Waals surface area contributed by atoms with E-state index in [1.165, 1.54) is 12.3 Å². The first-order chi connectivity index (χ1) is 7.59. The zero-order valence-corrected chi connectivity index (χ0v) is 8.47. The van der Waals surface area contributed by atoms with Crippen molar-refractivity contribution < 1.29 is 14.3 Å². The Morgan fingerprint density at radius 1 is 1.31 bits per heavy atom. The topological polar surface area (TPSA) is 108 Å². The number of carbonyl (C=O) groups excluding carboxylic acids is 2. The van der Waals surface area contributed by atoms with Gasteiger partial charge < -0.3 is 16.2 Å². The van der Waals surface area contributed by atoms with Gasteiger partial charge in [0.2, 0.25) is 0 Å². The summed E-state index contributed by atoms with van der Waals surface area (Å²) in [6.07, 6.45) is 3.34. The molecule has 84 valence electrons. The first-order valence-corrected chi connectivity index (χ1v) is 4.85. The van der Waals surface area contributed by atoms with Crippen LogP contribution in [0.5, 0.6) is 5.75 Å². The molecule has 0 bridgehead atoms. The van der Waals surface area contributed by atoms with E-state index in [4.69, 9.17) is 16.2 Å². The Bertz CT molecular complexity index is 455. The minimum Gasteiger partial charge on any atom is -0.489 e. The van der Waals surface area contributed by atoms with Crippen molar-refractivity contribution >= 4 is 11.8 Å². The highest BCUT2D eigenvalue weighted by Crippen LogP contribution is 2.29. The van der Waals surface area contributed by atoms with Crippen LogP contribution in [0.1, 0.15) is 33.7 Å². The summed E-state index contributed by atoms with van der Waals surface area (Å²) in [5, 5.41) is 0. The van der Waals surface area contributed by atoms with E-state index in [-0.39, 0.29) is 23.1 Å². The number of hydrogen-bond acceptors (Lipinski definition) is 4. The standard InChI is InChI=1S/C10H11N3O3/c11-9(14)7-6(16-5-1-2-5)3-4-13-8(7)10(12)15/h3-5H,1-2H2,(H2,11,14)(H2,12,15). The SMILES string of the molecule is NC(=O)c1nccc(OC2CC2)c1C(N)=O. The maximum absolute atomic E-state index is 11.2. The van der Waals surface area contributed by atoms with Crippen LogP contribution >= 0.6 is 0 Å². The van der Waals surface area contributed by atoms with Gasteiger partial charge in [0.25, 0.3) is 11.8 Å². The summed E-state index contributed by atoms with van der Waals surface area (Å²) < 4.78 is 5.46. The van der Waals surface area contributed by atoms with Crippen LogP contribution in [-0.4, -0.2) is 22.9 Å². The summed E-state index contributed by atoms with van der Waals surface area (Å²) in [4.78, 5) is 26.1. The van der Waals surface area contributed by atoms with Crippen LogP contribution in [0.15, 0.2) is 12.3 Å². The molecular formula is C10H11N3O3. The second-order valence-electron chi connectivity index (χ2n) is 3.58. The third kappa shape index (κ3) is 1.95. The van der Waals surface area contributed by atoms with Gasteiger partial charge in [0.1, 0.15) is 17.0 Å². The van der Waals surface area contributed by atoms with E-state index >= 15 is 0 Å². The second kappa shape index (κ2) is 3.80. The molecule has 1 saturated carbocycles. The number of hydrogen-bond donors (Lipinski definition) is 2. The predicted molar refractivity (Wildman–Crippen MR) is 54.9 cm³/mol. The van der Waals surface area contributed by atoms with Gasteiger partial charge in [0, 0.05) is 6.20 Å². The Kier molecular flexibility index (Phi) is 2.47. The molecule has 1 fully saturated rings. The Morgan fingerprint density at radius 3 is 2.50 bits per heavy atom. The lowest BCUT2D eigenvalue weighted by atomic mass is 10.1. The number of pyridine rings is 1. The summed E-state index contributed by atoms with van der Waals surface area (Å²) in [6, 6.07) is 1.50. The molecule has 2 amide bonds. The fourth-order valence-electron chi connectivity index (χ4n) is 1.33. The van der Waals surface area contributed by atoms with Gasteiger partial charge in [-0.1, -0.05) is 0 Å². The smallest absolute Gasteiger partial charge is 0.268 e. The number of primary amides is 2. The van der Waals surface area contributed by atoms with Crippen LogP contribution < -0.4 is 16.2 Å². The molecule has 6 nitrogen and oxygen atoms in total. The van der Waals surface area contributed by atoms with Gasteiger partial charge in [-0.05, 0) is 18.9 Å². The van der Waals surface area contributed by atoms with Crippen molar-refractivity contribution in [2.45, 2.75) is 18.9 Å². The van der Waals surface area contributed by atoms with Crippen molar-refractivity contribution in [1.82, 2.24) is 4.98 Å². The maximum Gasteiger partial charge on any atom is 0.268 e. The molecule has 16 heavy (non-hydrogen) atoms. The van der Waals surface area contributed by atoms with Gasteiger partial charge in [-0.15, -0.1) is 0 Å². The zero-order chi connectivity index (χ0) is 11.7. The molecule has 0 spiro atoms. The summed E-state index contributed by atoms with van der Waals surface area (Å²) in [5.74, 6) is -1.29. The van der Waals surface area contributed by atoms with Gasteiger partial charge in [-0.2, -0.15) is 0 Å². The van der Waals surface area contributed by atoms with Crippen LogP contribution in [0.2, 0.25) is 0 Å². The Morgan fingerprint density at radius 2 is 2.00 bits per heavy atom. The summed E-state index contributed by atoms with van der Waals surface area (Å²) >= 11 is 0. The molecule has 4 N–H and O–H groups in total. The molecule has 1 aliphatic rings. The molecule has 1 aromatic heterocycles. The van der Waals surface area contributed by atoms with Crippen molar-refractivity contribution in [1.29, 1.82) is 0 Å². The highest BCUT2D eigenvalue weighted by Gasteiger charge is 2.27. The molecule has 0 saturated heterocycles. The highest BCUT2D eigenvalue weighted by atomic mass is 16.5. The molecule has 0 unspecified atom stereocenters. The van der Waals surface area contributed by atoms with Crippen LogP contribution in [0.3, 0.4) is 0 Å². The molecule has 1 heterocycles. The van der Waals surface area contributed by atoms with Gasteiger partial charge in [0.05, 0.1) is 6.10 Å². The van der Waals surface area contributed by atoms with E-state index in [1.54, 1.807) is 0 Å². The average Bonchev–Trinajstić information content (AvgIpc) is 3.00. The Hall–Kier alpha value is -2.11. The Balaban J connectivity index is 2.45. The molecule has 1 aromatic rings. The van der Waals surface area contributed by atoms with E-state index in [9.17, 15) is 9.59 Å². The lowest BCUT2D eigenvalue weighted by molar-refractivity contribution is 0.0959. The van der Waals surface area contributed by atoms with Crippen molar-refractivity contribution in [2.24, 2.45) is 11.5 Å². The number of nitrogens with zero attached hydrogens (tertiary/aromatic N) is 1. The van der Waals surface area contributed by atoms with E-state index in [0.29, 0.717) is 0 Å². The molecule has 0 radical (unpaired) electrons. The number of carbonyl (C=O) groups is 2. The summed E-state index contributed by atoms with van der Waals surface area (Å²) in [5.41, 5.74) is 10.1. The summed E-state index contributed by atoms with van der Waals surface area (Å²) in [7, 11) is 0. The van der Waals surface area contributed by atoms with Crippen molar-refractivity contribution in [2.75, 3.05) is 0 Å². The van der Waals surface area contributed by atoms with Gasteiger partial charge in [-0.3, -0.25) is 9.59 Å². The fraction of sp³-hybridized carbons (Fsp3) is 0.300. The average molecular weight is 221 g/mol. The predicted octanol–water partition coefficient (Wildman–Crippen LogP) is -0.179. The minimum atomic E-state index is -0.796. The Labute approximate surface area is 91.6 Å². The van der Waals surface area contributed by atoms with Gasteiger partial charge >= 0.3 is 0 Å². The maximum atomic E-state index is 11.2. The van der Waals surface area contributed by atoms with Crippen molar-refractivity contribution in [3.05, 3.63) is 23.5 Å². The number of amides is 2. The molecule has 2 rings (SSSR count). The zero-order valence-electron chi connectivity index (χ0n) is 8.47. The van der Waals surface area contributed by atoms with Crippen molar-refractivity contribution in [3.8, 4) is 5.75 Å². The molecule has 0 aromatic carbocycles. The first-order valence-electron chi connectivity index (χ1n) is 4.85. The van der Waals surface area contributed by atoms with Crippen LogP contribution in [0.4, 0.5) is 0 Å². The van der Waals surface area contributed by atoms with Gasteiger partial charge in [0.15, 0.2) is 0 Å². The molecular weight excluding hydrogens is 210 g/mol. The highest BCUT2D eigenvalue weighted by molar-refractivity contribution is 6.06. The number of aromatic nitrogens is 1. The summed E-state index contributed by atoms with van der Waals surface area (Å²) in [6.45, 7) is 0. The molecule has 0 aliphatic heterocycles. The van der Waals surface area contributed by atoms with E-state index in [0.717, 1.165) is 12.8 Å². The quantitative estimate of drug-likeness (QED) is 0.735. The van der Waals surface area contributed by atoms with E-state index in [2.05, 4.69) is 4.98 Å². The largest absolute Gasteiger partial charge is 0.489 e. The lowest BCUT2D eigenvalue weighted by Crippen LogP contribution is -2.23. The first kappa shape index (κ1) is 10.4. The lowest BCUT2D eigenvalue weighted by Gasteiger charge is -2.10. The monoisotopic (exact) mass is 221 g/mol. The molecule has 1 aliphatic carbocycles. The second-order valence-corrected chi connectivity index (χ2v) is 3.58. The van der Waals surface area contributed by atoms with Crippen LogP contribution in [0, 0.1) is 0 Å².